The minimum Gasteiger partial charge on any atom is -0.467 e. The molecule has 1 saturated carbocycles. The Labute approximate surface area is 108 Å². The summed E-state index contributed by atoms with van der Waals surface area (Å²) in [6, 6.07) is 3.68. The van der Waals surface area contributed by atoms with Crippen LogP contribution in [0.1, 0.15) is 31.4 Å². The second-order valence-corrected chi connectivity index (χ2v) is 4.60. The van der Waals surface area contributed by atoms with Crippen molar-refractivity contribution in [3.63, 3.8) is 0 Å². The van der Waals surface area contributed by atoms with Crippen LogP contribution < -0.4 is 5.73 Å². The van der Waals surface area contributed by atoms with Gasteiger partial charge in [0.05, 0.1) is 18.3 Å². The molecule has 2 rings (SSSR count). The van der Waals surface area contributed by atoms with Crippen LogP contribution in [0.3, 0.4) is 0 Å². The third-order valence-corrected chi connectivity index (χ3v) is 3.24. The third kappa shape index (κ3) is 3.01. The summed E-state index contributed by atoms with van der Waals surface area (Å²) in [7, 11) is 1.78. The van der Waals surface area contributed by atoms with Crippen LogP contribution in [0.2, 0.25) is 0 Å². The molecule has 0 atom stereocenters. The number of hydrogen-bond donors (Lipinski definition) is 1. The van der Waals surface area contributed by atoms with E-state index >= 15 is 0 Å². The molecule has 0 radical (unpaired) electrons. The fourth-order valence-corrected chi connectivity index (χ4v) is 2.31. The van der Waals surface area contributed by atoms with E-state index in [4.69, 9.17) is 10.2 Å². The van der Waals surface area contributed by atoms with E-state index in [0.29, 0.717) is 6.54 Å². The summed E-state index contributed by atoms with van der Waals surface area (Å²) in [6.45, 7) is 0.491. The lowest BCUT2D eigenvalue weighted by molar-refractivity contribution is -0.136. The van der Waals surface area contributed by atoms with Gasteiger partial charge >= 0.3 is 0 Å². The van der Waals surface area contributed by atoms with Gasteiger partial charge in [0.2, 0.25) is 5.91 Å². The average molecular weight is 259 g/mol. The van der Waals surface area contributed by atoms with Gasteiger partial charge in [-0.3, -0.25) is 4.79 Å². The van der Waals surface area contributed by atoms with Crippen molar-refractivity contribution in [2.45, 2.75) is 37.8 Å². The predicted molar refractivity (Wildman–Crippen MR) is 67.8 cm³/mol. The molecule has 0 bridgehead atoms. The highest BCUT2D eigenvalue weighted by Gasteiger charge is 2.38. The molecule has 96 valence electrons. The molecule has 17 heavy (non-hydrogen) atoms. The standard InChI is InChI=1S/C12H18N2O2.ClH/c1-14(9-10-5-4-8-16-10)11(15)12(13)6-2-3-7-12;/h4-5,8H,2-3,6-7,9,13H2,1H3;1H. The molecule has 0 saturated heterocycles. The minimum atomic E-state index is -0.638. The van der Waals surface area contributed by atoms with Gasteiger partial charge in [-0.25, -0.2) is 0 Å². The molecule has 2 N–H and O–H groups in total. The van der Waals surface area contributed by atoms with E-state index in [0.717, 1.165) is 31.4 Å². The molecule has 1 fully saturated rings. The number of nitrogens with two attached hydrogens (primary N) is 1. The fraction of sp³-hybridized carbons (Fsp3) is 0.583. The number of hydrogen-bond acceptors (Lipinski definition) is 3. The number of carbonyl (C=O) groups excluding carboxylic acids is 1. The second-order valence-electron chi connectivity index (χ2n) is 4.60. The second kappa shape index (κ2) is 5.56. The van der Waals surface area contributed by atoms with Crippen molar-refractivity contribution in [2.75, 3.05) is 7.05 Å². The van der Waals surface area contributed by atoms with Gasteiger partial charge in [0.15, 0.2) is 0 Å². The Morgan fingerprint density at radius 1 is 1.53 bits per heavy atom. The Morgan fingerprint density at radius 3 is 2.71 bits per heavy atom. The van der Waals surface area contributed by atoms with Crippen LogP contribution in [0.5, 0.6) is 0 Å². The smallest absolute Gasteiger partial charge is 0.242 e. The van der Waals surface area contributed by atoms with Gasteiger partial charge in [-0.15, -0.1) is 12.4 Å². The van der Waals surface area contributed by atoms with Crippen LogP contribution in [-0.2, 0) is 11.3 Å². The summed E-state index contributed by atoms with van der Waals surface area (Å²) >= 11 is 0. The largest absolute Gasteiger partial charge is 0.467 e. The average Bonchev–Trinajstić information content (AvgIpc) is 2.89. The molecule has 4 nitrogen and oxygen atoms in total. The molecule has 1 aliphatic rings. The first kappa shape index (κ1) is 14.1. The normalized spacial score (nSPS) is 17.5. The molecule has 1 amide bonds. The van der Waals surface area contributed by atoms with Gasteiger partial charge in [0.25, 0.3) is 0 Å². The van der Waals surface area contributed by atoms with Crippen molar-refractivity contribution in [1.82, 2.24) is 4.90 Å². The maximum Gasteiger partial charge on any atom is 0.242 e. The number of nitrogens with zero attached hydrogens (tertiary/aromatic N) is 1. The van der Waals surface area contributed by atoms with Crippen molar-refractivity contribution in [3.05, 3.63) is 24.2 Å². The zero-order chi connectivity index (χ0) is 11.6. The number of furan rings is 1. The Hall–Kier alpha value is -1.00. The summed E-state index contributed by atoms with van der Waals surface area (Å²) in [5.74, 6) is 0.818. The van der Waals surface area contributed by atoms with Crippen molar-refractivity contribution in [2.24, 2.45) is 5.73 Å². The first-order valence-electron chi connectivity index (χ1n) is 5.69. The molecule has 0 aromatic carbocycles. The highest BCUT2D eigenvalue weighted by molar-refractivity contribution is 5.86. The zero-order valence-corrected chi connectivity index (χ0v) is 10.8. The van der Waals surface area contributed by atoms with Crippen LogP contribution in [0.15, 0.2) is 22.8 Å². The Balaban J connectivity index is 0.00000144. The molecular formula is C12H19ClN2O2. The van der Waals surface area contributed by atoms with Gasteiger partial charge in [-0.2, -0.15) is 0 Å². The maximum atomic E-state index is 12.2. The molecule has 1 heterocycles. The number of rotatable bonds is 3. The van der Waals surface area contributed by atoms with E-state index in [-0.39, 0.29) is 18.3 Å². The fourth-order valence-electron chi connectivity index (χ4n) is 2.31. The molecule has 1 aliphatic carbocycles. The van der Waals surface area contributed by atoms with Crippen LogP contribution in [0.4, 0.5) is 0 Å². The summed E-state index contributed by atoms with van der Waals surface area (Å²) in [6.07, 6.45) is 5.32. The first-order valence-corrected chi connectivity index (χ1v) is 5.69. The van der Waals surface area contributed by atoms with Crippen LogP contribution in [-0.4, -0.2) is 23.4 Å². The maximum absolute atomic E-state index is 12.2. The minimum absolute atomic E-state index is 0. The van der Waals surface area contributed by atoms with E-state index in [2.05, 4.69) is 0 Å². The van der Waals surface area contributed by atoms with Gasteiger partial charge in [-0.1, -0.05) is 12.8 Å². The van der Waals surface area contributed by atoms with Gasteiger partial charge in [0.1, 0.15) is 5.76 Å². The van der Waals surface area contributed by atoms with Gasteiger partial charge in [-0.05, 0) is 25.0 Å². The van der Waals surface area contributed by atoms with E-state index in [1.807, 2.05) is 12.1 Å². The SMILES string of the molecule is CN(Cc1ccco1)C(=O)C1(N)CCCC1.Cl. The van der Waals surface area contributed by atoms with Crippen molar-refractivity contribution >= 4 is 18.3 Å². The molecule has 5 heteroatoms. The molecule has 0 unspecified atom stereocenters. The lowest BCUT2D eigenvalue weighted by atomic mass is 9.97. The topological polar surface area (TPSA) is 59.5 Å². The van der Waals surface area contributed by atoms with Crippen LogP contribution in [0.25, 0.3) is 0 Å². The van der Waals surface area contributed by atoms with E-state index in [9.17, 15) is 4.79 Å². The summed E-state index contributed by atoms with van der Waals surface area (Å²) in [5.41, 5.74) is 5.47. The summed E-state index contributed by atoms with van der Waals surface area (Å²) in [4.78, 5) is 13.8. The van der Waals surface area contributed by atoms with Crippen molar-refractivity contribution < 1.29 is 9.21 Å². The van der Waals surface area contributed by atoms with Crippen LogP contribution in [0, 0.1) is 0 Å². The van der Waals surface area contributed by atoms with E-state index in [1.165, 1.54) is 0 Å². The zero-order valence-electron chi connectivity index (χ0n) is 10.0. The van der Waals surface area contributed by atoms with Gasteiger partial charge < -0.3 is 15.1 Å². The van der Waals surface area contributed by atoms with Crippen LogP contribution >= 0.6 is 12.4 Å². The highest BCUT2D eigenvalue weighted by Crippen LogP contribution is 2.29. The Morgan fingerprint density at radius 2 is 2.18 bits per heavy atom. The number of amides is 1. The molecule has 0 aliphatic heterocycles. The first-order chi connectivity index (χ1) is 7.62. The number of carbonyl (C=O) groups is 1. The molecular weight excluding hydrogens is 240 g/mol. The van der Waals surface area contributed by atoms with E-state index < -0.39 is 5.54 Å². The Kier molecular flexibility index (Phi) is 4.60. The monoisotopic (exact) mass is 258 g/mol. The highest BCUT2D eigenvalue weighted by atomic mass is 35.5. The quantitative estimate of drug-likeness (QED) is 0.901. The molecule has 1 aromatic rings. The number of likely N-dealkylation sites (N-methyl/N-ethyl adjacent to an activating group) is 1. The lowest BCUT2D eigenvalue weighted by Gasteiger charge is -2.28. The summed E-state index contributed by atoms with van der Waals surface area (Å²) in [5, 5.41) is 0. The Bertz CT molecular complexity index is 359. The molecule has 1 aromatic heterocycles. The van der Waals surface area contributed by atoms with Crippen molar-refractivity contribution in [1.29, 1.82) is 0 Å². The summed E-state index contributed by atoms with van der Waals surface area (Å²) < 4.78 is 5.22. The third-order valence-electron chi connectivity index (χ3n) is 3.24. The molecule has 0 spiro atoms. The number of halogens is 1. The van der Waals surface area contributed by atoms with E-state index in [1.54, 1.807) is 18.2 Å². The lowest BCUT2D eigenvalue weighted by Crippen LogP contribution is -2.52. The predicted octanol–water partition coefficient (Wildman–Crippen LogP) is 1.93. The van der Waals surface area contributed by atoms with Crippen molar-refractivity contribution in [3.8, 4) is 0 Å². The van der Waals surface area contributed by atoms with Gasteiger partial charge in [0, 0.05) is 7.05 Å².